The van der Waals surface area contributed by atoms with Crippen LogP contribution in [-0.4, -0.2) is 39.7 Å². The molecular weight excluding hydrogens is 469 g/mol. The summed E-state index contributed by atoms with van der Waals surface area (Å²) in [5.41, 5.74) is 1.27. The van der Waals surface area contributed by atoms with Gasteiger partial charge in [0.25, 0.3) is 0 Å². The van der Waals surface area contributed by atoms with E-state index in [-0.39, 0.29) is 23.6 Å². The number of alkyl halides is 3. The van der Waals surface area contributed by atoms with Crippen LogP contribution >= 0.6 is 0 Å². The number of ether oxygens (including phenoxy) is 1. The summed E-state index contributed by atoms with van der Waals surface area (Å²) in [6, 6.07) is 16.4. The number of benzene rings is 2. The van der Waals surface area contributed by atoms with Crippen LogP contribution in [0, 0.1) is 0 Å². The van der Waals surface area contributed by atoms with E-state index in [1.165, 1.54) is 6.07 Å². The number of nitrogens with one attached hydrogen (secondary N) is 1. The number of rotatable bonds is 4. The average molecular weight is 499 g/mol. The standard InChI is InChI=1S/C27H29F3N4O2/c1-26(2,3)36-25(35)34-14-12-19(13-15-34)23-17-22(18-8-5-4-6-9-18)32-24(33-23)31-21-11-7-10-20(16-21)27(28,29)30/h4-11,16-17,19H,12-15H2,1-3H3,(H,31,32,33). The van der Waals surface area contributed by atoms with Crippen LogP contribution in [0.5, 0.6) is 0 Å². The van der Waals surface area contributed by atoms with Crippen molar-refractivity contribution >= 4 is 17.7 Å². The van der Waals surface area contributed by atoms with Crippen molar-refractivity contribution in [2.24, 2.45) is 0 Å². The number of likely N-dealkylation sites (tertiary alicyclic amines) is 1. The van der Waals surface area contributed by atoms with Crippen molar-refractivity contribution in [3.8, 4) is 11.3 Å². The van der Waals surface area contributed by atoms with Gasteiger partial charge in [0.05, 0.1) is 11.3 Å². The molecule has 1 aliphatic heterocycles. The molecule has 6 nitrogen and oxygen atoms in total. The van der Waals surface area contributed by atoms with Gasteiger partial charge >= 0.3 is 12.3 Å². The molecule has 1 saturated heterocycles. The highest BCUT2D eigenvalue weighted by molar-refractivity contribution is 5.68. The van der Waals surface area contributed by atoms with Crippen molar-refractivity contribution in [1.29, 1.82) is 0 Å². The smallest absolute Gasteiger partial charge is 0.416 e. The SMILES string of the molecule is CC(C)(C)OC(=O)N1CCC(c2cc(-c3ccccc3)nc(Nc3cccc(C(F)(F)F)c3)n2)CC1. The van der Waals surface area contributed by atoms with E-state index in [0.717, 1.165) is 23.4 Å². The molecule has 1 aliphatic rings. The molecule has 4 rings (SSSR count). The van der Waals surface area contributed by atoms with Crippen LogP contribution in [0.2, 0.25) is 0 Å². The zero-order valence-corrected chi connectivity index (χ0v) is 20.5. The first-order valence-corrected chi connectivity index (χ1v) is 11.8. The molecule has 1 N–H and O–H groups in total. The monoisotopic (exact) mass is 498 g/mol. The first kappa shape index (κ1) is 25.5. The number of carbonyl (C=O) groups is 1. The highest BCUT2D eigenvalue weighted by Gasteiger charge is 2.31. The molecule has 3 aromatic rings. The maximum atomic E-state index is 13.2. The van der Waals surface area contributed by atoms with Crippen molar-refractivity contribution in [2.75, 3.05) is 18.4 Å². The molecule has 1 fully saturated rings. The lowest BCUT2D eigenvalue weighted by Gasteiger charge is -2.33. The molecule has 1 amide bonds. The van der Waals surface area contributed by atoms with Crippen molar-refractivity contribution < 1.29 is 22.7 Å². The number of piperidine rings is 1. The minimum Gasteiger partial charge on any atom is -0.444 e. The van der Waals surface area contributed by atoms with Gasteiger partial charge in [-0.1, -0.05) is 36.4 Å². The number of hydrogen-bond acceptors (Lipinski definition) is 5. The number of amides is 1. The molecule has 0 aliphatic carbocycles. The third-order valence-electron chi connectivity index (χ3n) is 5.83. The lowest BCUT2D eigenvalue weighted by atomic mass is 9.92. The van der Waals surface area contributed by atoms with Crippen molar-refractivity contribution in [1.82, 2.24) is 14.9 Å². The van der Waals surface area contributed by atoms with E-state index in [9.17, 15) is 18.0 Å². The molecule has 0 bridgehead atoms. The van der Waals surface area contributed by atoms with E-state index in [2.05, 4.69) is 15.3 Å². The second-order valence-corrected chi connectivity index (χ2v) is 9.81. The molecule has 1 aromatic heterocycles. The Morgan fingerprint density at radius 3 is 2.31 bits per heavy atom. The summed E-state index contributed by atoms with van der Waals surface area (Å²) < 4.78 is 45.0. The summed E-state index contributed by atoms with van der Waals surface area (Å²) in [5.74, 6) is 0.288. The van der Waals surface area contributed by atoms with Gasteiger partial charge in [-0.05, 0) is 57.9 Å². The van der Waals surface area contributed by atoms with Gasteiger partial charge in [0.15, 0.2) is 0 Å². The fourth-order valence-electron chi connectivity index (χ4n) is 4.07. The Hall–Kier alpha value is -3.62. The van der Waals surface area contributed by atoms with Gasteiger partial charge < -0.3 is 15.0 Å². The summed E-state index contributed by atoms with van der Waals surface area (Å²) in [6.07, 6.45) is -3.40. The third-order valence-corrected chi connectivity index (χ3v) is 5.83. The van der Waals surface area contributed by atoms with E-state index < -0.39 is 17.3 Å². The Morgan fingerprint density at radius 1 is 0.972 bits per heavy atom. The van der Waals surface area contributed by atoms with E-state index in [1.54, 1.807) is 11.0 Å². The molecule has 190 valence electrons. The number of halogens is 3. The predicted molar refractivity (Wildman–Crippen MR) is 132 cm³/mol. The Balaban J connectivity index is 1.59. The maximum absolute atomic E-state index is 13.2. The fourth-order valence-corrected chi connectivity index (χ4v) is 4.07. The number of aromatic nitrogens is 2. The van der Waals surface area contributed by atoms with Gasteiger partial charge in [-0.15, -0.1) is 0 Å². The van der Waals surface area contributed by atoms with Gasteiger partial charge in [-0.25, -0.2) is 14.8 Å². The molecule has 0 unspecified atom stereocenters. The number of carbonyl (C=O) groups excluding carboxylic acids is 1. The number of hydrogen-bond donors (Lipinski definition) is 1. The van der Waals surface area contributed by atoms with Gasteiger partial charge in [-0.3, -0.25) is 0 Å². The highest BCUT2D eigenvalue weighted by atomic mass is 19.4. The minimum atomic E-state index is -4.45. The van der Waals surface area contributed by atoms with Crippen LogP contribution < -0.4 is 5.32 Å². The first-order valence-electron chi connectivity index (χ1n) is 11.8. The number of nitrogens with zero attached hydrogens (tertiary/aromatic N) is 3. The molecule has 0 radical (unpaired) electrons. The molecular formula is C27H29F3N4O2. The van der Waals surface area contributed by atoms with E-state index in [1.807, 2.05) is 57.2 Å². The van der Waals surface area contributed by atoms with Crippen molar-refractivity contribution in [2.45, 2.75) is 51.3 Å². The molecule has 9 heteroatoms. The highest BCUT2D eigenvalue weighted by Crippen LogP contribution is 2.33. The lowest BCUT2D eigenvalue weighted by Crippen LogP contribution is -2.41. The van der Waals surface area contributed by atoms with Crippen molar-refractivity contribution in [3.05, 3.63) is 71.9 Å². The van der Waals surface area contributed by atoms with Crippen LogP contribution in [-0.2, 0) is 10.9 Å². The summed E-state index contributed by atoms with van der Waals surface area (Å²) in [4.78, 5) is 23.4. The zero-order valence-electron chi connectivity index (χ0n) is 20.5. The summed E-state index contributed by atoms with van der Waals surface area (Å²) in [5, 5.41) is 2.95. The van der Waals surface area contributed by atoms with Crippen LogP contribution in [0.4, 0.5) is 29.6 Å². The second-order valence-electron chi connectivity index (χ2n) is 9.81. The molecule has 36 heavy (non-hydrogen) atoms. The van der Waals surface area contributed by atoms with Crippen LogP contribution in [0.25, 0.3) is 11.3 Å². The average Bonchev–Trinajstić information content (AvgIpc) is 2.83. The van der Waals surface area contributed by atoms with E-state index >= 15 is 0 Å². The molecule has 2 aromatic carbocycles. The molecule has 0 saturated carbocycles. The van der Waals surface area contributed by atoms with E-state index in [4.69, 9.17) is 4.74 Å². The van der Waals surface area contributed by atoms with E-state index in [0.29, 0.717) is 31.6 Å². The quantitative estimate of drug-likeness (QED) is 0.419. The second kappa shape index (κ2) is 10.2. The van der Waals surface area contributed by atoms with Crippen LogP contribution in [0.1, 0.15) is 50.8 Å². The van der Waals surface area contributed by atoms with Crippen LogP contribution in [0.15, 0.2) is 60.7 Å². The largest absolute Gasteiger partial charge is 0.444 e. The molecule has 2 heterocycles. The number of anilines is 2. The third kappa shape index (κ3) is 6.53. The predicted octanol–water partition coefficient (Wildman–Crippen LogP) is 7.02. The Labute approximate surface area is 208 Å². The zero-order chi connectivity index (χ0) is 25.9. The summed E-state index contributed by atoms with van der Waals surface area (Å²) in [7, 11) is 0. The van der Waals surface area contributed by atoms with Gasteiger partial charge in [-0.2, -0.15) is 13.2 Å². The fraction of sp³-hybridized carbons (Fsp3) is 0.370. The van der Waals surface area contributed by atoms with Gasteiger partial charge in [0.2, 0.25) is 5.95 Å². The first-order chi connectivity index (χ1) is 17.0. The minimum absolute atomic E-state index is 0.0659. The van der Waals surface area contributed by atoms with Gasteiger partial charge in [0.1, 0.15) is 5.60 Å². The van der Waals surface area contributed by atoms with Crippen molar-refractivity contribution in [3.63, 3.8) is 0 Å². The molecule has 0 spiro atoms. The topological polar surface area (TPSA) is 67.3 Å². The molecule has 0 atom stereocenters. The normalized spacial score (nSPS) is 15.0. The Kier molecular flexibility index (Phi) is 7.19. The van der Waals surface area contributed by atoms with Gasteiger partial charge in [0, 0.05) is 36.0 Å². The lowest BCUT2D eigenvalue weighted by molar-refractivity contribution is -0.137. The Bertz CT molecular complexity index is 1200. The summed E-state index contributed by atoms with van der Waals surface area (Å²) >= 11 is 0. The summed E-state index contributed by atoms with van der Waals surface area (Å²) in [6.45, 7) is 6.56. The Morgan fingerprint density at radius 2 is 1.67 bits per heavy atom. The van der Waals surface area contributed by atoms with Crippen LogP contribution in [0.3, 0.4) is 0 Å². The maximum Gasteiger partial charge on any atom is 0.416 e.